The van der Waals surface area contributed by atoms with Crippen LogP contribution in [-0.4, -0.2) is 9.97 Å². The third-order valence-corrected chi connectivity index (χ3v) is 14.2. The summed E-state index contributed by atoms with van der Waals surface area (Å²) in [5.41, 5.74) is 18.4. The number of benzene rings is 9. The summed E-state index contributed by atoms with van der Waals surface area (Å²) < 4.78 is 6.41. The van der Waals surface area contributed by atoms with E-state index in [1.807, 2.05) is 42.1 Å². The van der Waals surface area contributed by atoms with Crippen LogP contribution in [0.25, 0.3) is 89.2 Å². The van der Waals surface area contributed by atoms with Crippen molar-refractivity contribution in [2.75, 3.05) is 0 Å². The summed E-state index contributed by atoms with van der Waals surface area (Å²) in [5.74, 6) is 0.686. The molecular weight excluding hydrogens is 785 g/mol. The van der Waals surface area contributed by atoms with E-state index in [1.165, 1.54) is 43.2 Å². The normalized spacial score (nSPS) is 13.1. The van der Waals surface area contributed by atoms with Crippen LogP contribution in [0.3, 0.4) is 0 Å². The molecule has 2 aliphatic rings. The molecule has 4 heteroatoms. The van der Waals surface area contributed by atoms with E-state index in [-0.39, 0.29) is 0 Å². The van der Waals surface area contributed by atoms with Crippen LogP contribution in [0.4, 0.5) is 0 Å². The van der Waals surface area contributed by atoms with E-state index in [1.54, 1.807) is 0 Å². The van der Waals surface area contributed by atoms with Crippen LogP contribution >= 0.6 is 11.8 Å². The molecule has 13 rings (SSSR count). The summed E-state index contributed by atoms with van der Waals surface area (Å²) >= 11 is 1.87. The first kappa shape index (κ1) is 35.9. The molecule has 0 saturated carbocycles. The van der Waals surface area contributed by atoms with Crippen LogP contribution in [0.2, 0.25) is 0 Å². The number of fused-ring (bicyclic) bond motifs is 12. The molecule has 0 bridgehead atoms. The molecule has 9 aromatic carbocycles. The van der Waals surface area contributed by atoms with Crippen molar-refractivity contribution in [1.29, 1.82) is 0 Å². The molecule has 2 aromatic heterocycles. The number of rotatable bonds is 5. The van der Waals surface area contributed by atoms with Gasteiger partial charge in [-0.25, -0.2) is 9.97 Å². The molecule has 0 radical (unpaired) electrons. The zero-order valence-corrected chi connectivity index (χ0v) is 34.8. The minimum atomic E-state index is -0.458. The van der Waals surface area contributed by atoms with Gasteiger partial charge in [0.05, 0.1) is 16.8 Å². The van der Waals surface area contributed by atoms with Crippen LogP contribution in [0, 0.1) is 0 Å². The topological polar surface area (TPSA) is 38.9 Å². The Bertz CT molecular complexity index is 3560. The van der Waals surface area contributed by atoms with Crippen molar-refractivity contribution in [3.05, 3.63) is 241 Å². The first-order valence-corrected chi connectivity index (χ1v) is 22.2. The van der Waals surface area contributed by atoms with E-state index < -0.39 is 5.41 Å². The summed E-state index contributed by atoms with van der Waals surface area (Å²) in [6.07, 6.45) is 0. The zero-order chi connectivity index (χ0) is 41.5. The van der Waals surface area contributed by atoms with Crippen molar-refractivity contribution in [1.82, 2.24) is 9.97 Å². The zero-order valence-electron chi connectivity index (χ0n) is 34.0. The van der Waals surface area contributed by atoms with Gasteiger partial charge in [-0.05, 0) is 80.4 Å². The Morgan fingerprint density at radius 2 is 0.921 bits per heavy atom. The van der Waals surface area contributed by atoms with Crippen molar-refractivity contribution in [3.8, 4) is 67.3 Å². The lowest BCUT2D eigenvalue weighted by Crippen LogP contribution is -2.32. The summed E-state index contributed by atoms with van der Waals surface area (Å²) in [6.45, 7) is 0. The molecule has 63 heavy (non-hydrogen) atoms. The maximum atomic E-state index is 6.41. The Morgan fingerprint density at radius 3 is 1.71 bits per heavy atom. The molecule has 11 aromatic rings. The number of aromatic nitrogens is 2. The lowest BCUT2D eigenvalue weighted by Gasteiger charge is -2.40. The van der Waals surface area contributed by atoms with Gasteiger partial charge >= 0.3 is 0 Å². The molecule has 3 nitrogen and oxygen atoms in total. The molecule has 0 atom stereocenters. The van der Waals surface area contributed by atoms with Crippen molar-refractivity contribution in [2.24, 2.45) is 0 Å². The van der Waals surface area contributed by atoms with Gasteiger partial charge in [0.2, 0.25) is 0 Å². The SMILES string of the molecule is c1ccc(-c2nc(-c3ccc(-c4cccc5c4oc4ccccc45)cc3)cc(-c3ccccc3-c3ccc4c(c3)C3(c5ccccc5S4)c4ccccc4-c4ccccc43)n2)cc1. The number of hydrogen-bond donors (Lipinski definition) is 0. The fraction of sp³-hybridized carbons (Fsp3) is 0.0169. The number of para-hydroxylation sites is 2. The van der Waals surface area contributed by atoms with Gasteiger partial charge in [0.15, 0.2) is 5.82 Å². The van der Waals surface area contributed by atoms with E-state index in [0.717, 1.165) is 72.3 Å². The third kappa shape index (κ3) is 5.48. The molecule has 294 valence electrons. The monoisotopic (exact) mass is 820 g/mol. The van der Waals surface area contributed by atoms with Crippen molar-refractivity contribution >= 4 is 33.7 Å². The van der Waals surface area contributed by atoms with E-state index in [2.05, 4.69) is 188 Å². The second-order valence-corrected chi connectivity index (χ2v) is 17.5. The fourth-order valence-electron chi connectivity index (χ4n) is 10.2. The van der Waals surface area contributed by atoms with Crippen LogP contribution in [0.15, 0.2) is 233 Å². The molecule has 1 aliphatic heterocycles. The van der Waals surface area contributed by atoms with Crippen LogP contribution in [-0.2, 0) is 5.41 Å². The number of hydrogen-bond acceptors (Lipinski definition) is 4. The molecule has 0 saturated heterocycles. The quantitative estimate of drug-likeness (QED) is 0.173. The average Bonchev–Trinajstić information content (AvgIpc) is 3.88. The lowest BCUT2D eigenvalue weighted by atomic mass is 9.67. The highest BCUT2D eigenvalue weighted by Gasteiger charge is 2.50. The van der Waals surface area contributed by atoms with E-state index in [9.17, 15) is 0 Å². The van der Waals surface area contributed by atoms with Gasteiger partial charge in [-0.1, -0.05) is 200 Å². The van der Waals surface area contributed by atoms with Gasteiger partial charge in [-0.2, -0.15) is 0 Å². The first-order chi connectivity index (χ1) is 31.2. The molecule has 1 spiro atoms. The van der Waals surface area contributed by atoms with Crippen LogP contribution < -0.4 is 0 Å². The standard InChI is InChI=1S/C59H36N2OS/c1-2-15-39(16-3-1)58-60-52(38-31-29-37(30-32-38)42-22-14-23-47-46-21-8-12-27-54(46)62-57(42)47)36-53(61-58)45-20-5-4-17-41(45)40-33-34-56-51(35-40)59(50-26-11-13-28-55(50)63-56)48-24-9-6-18-43(48)44-19-7-10-25-49(44)59/h1-36H. The Labute approximate surface area is 369 Å². The number of furan rings is 1. The molecule has 0 unspecified atom stereocenters. The van der Waals surface area contributed by atoms with Gasteiger partial charge in [0.25, 0.3) is 0 Å². The minimum absolute atomic E-state index is 0.458. The van der Waals surface area contributed by atoms with Gasteiger partial charge < -0.3 is 4.42 Å². The molecular formula is C59H36N2OS. The molecule has 0 N–H and O–H groups in total. The van der Waals surface area contributed by atoms with E-state index in [4.69, 9.17) is 14.4 Å². The predicted octanol–water partition coefficient (Wildman–Crippen LogP) is 15.5. The number of nitrogens with zero attached hydrogens (tertiary/aromatic N) is 2. The summed E-state index contributed by atoms with van der Waals surface area (Å²) in [7, 11) is 0. The van der Waals surface area contributed by atoms with Crippen molar-refractivity contribution in [3.63, 3.8) is 0 Å². The maximum absolute atomic E-state index is 6.41. The van der Waals surface area contributed by atoms with Gasteiger partial charge in [-0.15, -0.1) is 0 Å². The highest BCUT2D eigenvalue weighted by molar-refractivity contribution is 7.99. The average molecular weight is 821 g/mol. The Hall–Kier alpha value is -7.79. The Kier molecular flexibility index (Phi) is 8.06. The maximum Gasteiger partial charge on any atom is 0.160 e. The smallest absolute Gasteiger partial charge is 0.160 e. The van der Waals surface area contributed by atoms with Gasteiger partial charge in [0.1, 0.15) is 11.2 Å². The molecule has 0 amide bonds. The molecule has 1 aliphatic carbocycles. The second-order valence-electron chi connectivity index (χ2n) is 16.4. The Morgan fingerprint density at radius 1 is 0.349 bits per heavy atom. The highest BCUT2D eigenvalue weighted by atomic mass is 32.2. The predicted molar refractivity (Wildman–Crippen MR) is 258 cm³/mol. The minimum Gasteiger partial charge on any atom is -0.455 e. The third-order valence-electron chi connectivity index (χ3n) is 13.0. The second kappa shape index (κ2) is 14.1. The van der Waals surface area contributed by atoms with Crippen LogP contribution in [0.1, 0.15) is 22.3 Å². The molecule has 0 fully saturated rings. The van der Waals surface area contributed by atoms with E-state index in [0.29, 0.717) is 5.82 Å². The highest BCUT2D eigenvalue weighted by Crippen LogP contribution is 2.62. The van der Waals surface area contributed by atoms with Crippen LogP contribution in [0.5, 0.6) is 0 Å². The first-order valence-electron chi connectivity index (χ1n) is 21.4. The summed E-state index contributed by atoms with van der Waals surface area (Å²) in [5, 5.41) is 2.25. The Balaban J connectivity index is 0.964. The fourth-order valence-corrected chi connectivity index (χ4v) is 11.4. The van der Waals surface area contributed by atoms with E-state index >= 15 is 0 Å². The molecule has 3 heterocycles. The summed E-state index contributed by atoms with van der Waals surface area (Å²) in [6, 6.07) is 78.5. The van der Waals surface area contributed by atoms with Crippen molar-refractivity contribution in [2.45, 2.75) is 15.2 Å². The lowest BCUT2D eigenvalue weighted by molar-refractivity contribution is 0.670. The van der Waals surface area contributed by atoms with Crippen molar-refractivity contribution < 1.29 is 4.42 Å². The van der Waals surface area contributed by atoms with Gasteiger partial charge in [0, 0.05) is 42.8 Å². The van der Waals surface area contributed by atoms with Gasteiger partial charge in [-0.3, -0.25) is 0 Å². The summed E-state index contributed by atoms with van der Waals surface area (Å²) in [4.78, 5) is 13.1. The largest absolute Gasteiger partial charge is 0.455 e.